The lowest BCUT2D eigenvalue weighted by molar-refractivity contribution is -0.384. The molecule has 0 aliphatic carbocycles. The molecule has 1 aromatic heterocycles. The maximum Gasteiger partial charge on any atom is 0.305 e. The Balaban J connectivity index is 1.60. The van der Waals surface area contributed by atoms with Crippen LogP contribution in [0.1, 0.15) is 21.7 Å². The fourth-order valence-corrected chi connectivity index (χ4v) is 2.54. The highest BCUT2D eigenvalue weighted by Crippen LogP contribution is 2.24. The van der Waals surface area contributed by atoms with Crippen LogP contribution in [0.3, 0.4) is 0 Å². The highest BCUT2D eigenvalue weighted by atomic mass is 16.6. The van der Waals surface area contributed by atoms with Crippen molar-refractivity contribution in [1.29, 1.82) is 0 Å². The minimum atomic E-state index is -0.559. The predicted octanol–water partition coefficient (Wildman–Crippen LogP) is 2.65. The van der Waals surface area contributed by atoms with Crippen LogP contribution in [0.15, 0.2) is 52.9 Å². The molecule has 2 aromatic carbocycles. The van der Waals surface area contributed by atoms with Gasteiger partial charge in [0, 0.05) is 23.1 Å². The molecule has 2 N–H and O–H groups in total. The molecule has 0 unspecified atom stereocenters. The number of hydrazine groups is 1. The number of para-hydroxylation sites is 1. The quantitative estimate of drug-likeness (QED) is 0.553. The van der Waals surface area contributed by atoms with Crippen LogP contribution in [-0.4, -0.2) is 16.7 Å². The molecule has 0 aliphatic heterocycles. The van der Waals surface area contributed by atoms with Crippen molar-refractivity contribution in [1.82, 2.24) is 10.9 Å². The fourth-order valence-electron chi connectivity index (χ4n) is 2.54. The molecule has 3 rings (SSSR count). The lowest BCUT2D eigenvalue weighted by Crippen LogP contribution is -2.42. The zero-order valence-electron chi connectivity index (χ0n) is 13.8. The molecule has 26 heavy (non-hydrogen) atoms. The summed E-state index contributed by atoms with van der Waals surface area (Å²) in [5.41, 5.74) is 6.42. The Morgan fingerprint density at radius 1 is 1.08 bits per heavy atom. The zero-order valence-corrected chi connectivity index (χ0v) is 13.8. The number of nitro benzene ring substituents is 1. The third kappa shape index (κ3) is 3.54. The first kappa shape index (κ1) is 17.2. The molecule has 8 nitrogen and oxygen atoms in total. The maximum absolute atomic E-state index is 12.2. The Kier molecular flexibility index (Phi) is 4.66. The van der Waals surface area contributed by atoms with Crippen molar-refractivity contribution in [2.24, 2.45) is 0 Å². The molecule has 0 radical (unpaired) electrons. The molecule has 0 spiro atoms. The van der Waals surface area contributed by atoms with Gasteiger partial charge >= 0.3 is 5.91 Å². The van der Waals surface area contributed by atoms with E-state index in [1.165, 1.54) is 24.3 Å². The first-order valence-electron chi connectivity index (χ1n) is 7.76. The summed E-state index contributed by atoms with van der Waals surface area (Å²) in [7, 11) is 0. The van der Waals surface area contributed by atoms with Crippen LogP contribution in [0.2, 0.25) is 0 Å². The molecule has 0 saturated carbocycles. The van der Waals surface area contributed by atoms with Gasteiger partial charge in [0.2, 0.25) is 5.91 Å². The number of fused-ring (bicyclic) bond motifs is 1. The molecular formula is C18H15N3O5. The number of amides is 2. The van der Waals surface area contributed by atoms with Crippen molar-refractivity contribution in [3.05, 3.63) is 75.5 Å². The summed E-state index contributed by atoms with van der Waals surface area (Å²) in [5, 5.41) is 11.4. The third-order valence-corrected chi connectivity index (χ3v) is 3.88. The summed E-state index contributed by atoms with van der Waals surface area (Å²) in [6.45, 7) is 1.76. The standard InChI is InChI=1S/C18H15N3O5/c1-11-14-4-2-3-5-15(14)26-17(11)18(23)20-19-16(22)10-12-6-8-13(9-7-12)21(24)25/h2-9H,10H2,1H3,(H,19,22)(H,20,23). The van der Waals surface area contributed by atoms with Gasteiger partial charge in [0.1, 0.15) is 5.58 Å². The van der Waals surface area contributed by atoms with E-state index in [4.69, 9.17) is 4.42 Å². The van der Waals surface area contributed by atoms with E-state index in [2.05, 4.69) is 10.9 Å². The molecule has 1 heterocycles. The number of nitrogens with one attached hydrogen (secondary N) is 2. The minimum Gasteiger partial charge on any atom is -0.451 e. The number of aryl methyl sites for hydroxylation is 1. The van der Waals surface area contributed by atoms with Crippen LogP contribution < -0.4 is 10.9 Å². The van der Waals surface area contributed by atoms with Gasteiger partial charge in [-0.2, -0.15) is 0 Å². The van der Waals surface area contributed by atoms with Crippen LogP contribution in [0.5, 0.6) is 0 Å². The topological polar surface area (TPSA) is 114 Å². The second kappa shape index (κ2) is 7.06. The summed E-state index contributed by atoms with van der Waals surface area (Å²) in [6, 6.07) is 12.9. The molecule has 0 saturated heterocycles. The lowest BCUT2D eigenvalue weighted by atomic mass is 10.1. The molecule has 3 aromatic rings. The van der Waals surface area contributed by atoms with Gasteiger partial charge < -0.3 is 4.42 Å². The number of benzene rings is 2. The van der Waals surface area contributed by atoms with Crippen LogP contribution in [0.25, 0.3) is 11.0 Å². The number of hydrogen-bond donors (Lipinski definition) is 2. The van der Waals surface area contributed by atoms with Crippen molar-refractivity contribution in [2.75, 3.05) is 0 Å². The van der Waals surface area contributed by atoms with Gasteiger partial charge in [-0.25, -0.2) is 0 Å². The van der Waals surface area contributed by atoms with Crippen LogP contribution in [0.4, 0.5) is 5.69 Å². The van der Waals surface area contributed by atoms with Gasteiger partial charge in [0.05, 0.1) is 11.3 Å². The number of nitrogens with zero attached hydrogens (tertiary/aromatic N) is 1. The second-order valence-electron chi connectivity index (χ2n) is 5.65. The van der Waals surface area contributed by atoms with E-state index in [1.807, 2.05) is 12.1 Å². The van der Waals surface area contributed by atoms with Crippen LogP contribution in [0, 0.1) is 17.0 Å². The lowest BCUT2D eigenvalue weighted by Gasteiger charge is -2.06. The fraction of sp³-hybridized carbons (Fsp3) is 0.111. The van der Waals surface area contributed by atoms with E-state index in [1.54, 1.807) is 19.1 Å². The molecular weight excluding hydrogens is 338 g/mol. The average molecular weight is 353 g/mol. The Morgan fingerprint density at radius 3 is 2.42 bits per heavy atom. The molecule has 0 bridgehead atoms. The van der Waals surface area contributed by atoms with Gasteiger partial charge in [0.25, 0.3) is 5.69 Å². The minimum absolute atomic E-state index is 0.0304. The van der Waals surface area contributed by atoms with Gasteiger partial charge in [-0.15, -0.1) is 0 Å². The number of non-ortho nitro benzene ring substituents is 1. The van der Waals surface area contributed by atoms with E-state index < -0.39 is 16.7 Å². The Morgan fingerprint density at radius 2 is 1.77 bits per heavy atom. The summed E-state index contributed by atoms with van der Waals surface area (Å²) in [6.07, 6.45) is -0.0304. The molecule has 8 heteroatoms. The summed E-state index contributed by atoms with van der Waals surface area (Å²) < 4.78 is 5.52. The van der Waals surface area contributed by atoms with E-state index >= 15 is 0 Å². The molecule has 0 fully saturated rings. The number of nitro groups is 1. The van der Waals surface area contributed by atoms with Crippen molar-refractivity contribution < 1.29 is 18.9 Å². The van der Waals surface area contributed by atoms with E-state index in [0.29, 0.717) is 16.7 Å². The number of carbonyl (C=O) groups is 2. The number of hydrogen-bond acceptors (Lipinski definition) is 5. The first-order chi connectivity index (χ1) is 12.5. The van der Waals surface area contributed by atoms with Crippen molar-refractivity contribution in [3.63, 3.8) is 0 Å². The monoisotopic (exact) mass is 353 g/mol. The summed E-state index contributed by atoms with van der Waals surface area (Å²) >= 11 is 0. The van der Waals surface area contributed by atoms with Gasteiger partial charge in [-0.3, -0.25) is 30.6 Å². The van der Waals surface area contributed by atoms with Gasteiger partial charge in [-0.1, -0.05) is 30.3 Å². The van der Waals surface area contributed by atoms with Gasteiger partial charge in [0.15, 0.2) is 5.76 Å². The number of carbonyl (C=O) groups excluding carboxylic acids is 2. The van der Waals surface area contributed by atoms with Crippen molar-refractivity contribution in [2.45, 2.75) is 13.3 Å². The van der Waals surface area contributed by atoms with E-state index in [0.717, 1.165) is 5.39 Å². The predicted molar refractivity (Wildman–Crippen MR) is 93.4 cm³/mol. The molecule has 2 amide bonds. The molecule has 132 valence electrons. The average Bonchev–Trinajstić information content (AvgIpc) is 2.97. The number of rotatable bonds is 4. The largest absolute Gasteiger partial charge is 0.451 e. The van der Waals surface area contributed by atoms with Crippen LogP contribution >= 0.6 is 0 Å². The van der Waals surface area contributed by atoms with E-state index in [-0.39, 0.29) is 17.9 Å². The zero-order chi connectivity index (χ0) is 18.7. The smallest absolute Gasteiger partial charge is 0.305 e. The highest BCUT2D eigenvalue weighted by Gasteiger charge is 2.18. The van der Waals surface area contributed by atoms with Crippen LogP contribution in [-0.2, 0) is 11.2 Å². The van der Waals surface area contributed by atoms with E-state index in [9.17, 15) is 19.7 Å². The molecule has 0 aliphatic rings. The third-order valence-electron chi connectivity index (χ3n) is 3.88. The Labute approximate surface area is 147 Å². The first-order valence-corrected chi connectivity index (χ1v) is 7.76. The summed E-state index contributed by atoms with van der Waals surface area (Å²) in [4.78, 5) is 34.2. The Hall–Kier alpha value is -3.68. The SMILES string of the molecule is Cc1c(C(=O)NNC(=O)Cc2ccc([N+](=O)[O-])cc2)oc2ccccc12. The highest BCUT2D eigenvalue weighted by molar-refractivity contribution is 5.99. The van der Waals surface area contributed by atoms with Crippen molar-refractivity contribution in [3.8, 4) is 0 Å². The molecule has 0 atom stereocenters. The maximum atomic E-state index is 12.2. The normalized spacial score (nSPS) is 10.5. The summed E-state index contributed by atoms with van der Waals surface area (Å²) in [5.74, 6) is -0.890. The Bertz CT molecular complexity index is 992. The van der Waals surface area contributed by atoms with Crippen molar-refractivity contribution >= 4 is 28.5 Å². The number of furan rings is 1. The van der Waals surface area contributed by atoms with Gasteiger partial charge in [-0.05, 0) is 18.6 Å². The second-order valence-corrected chi connectivity index (χ2v) is 5.65.